The topological polar surface area (TPSA) is 47.6 Å². The lowest BCUT2D eigenvalue weighted by molar-refractivity contribution is -0.125. The van der Waals surface area contributed by atoms with E-state index >= 15 is 0 Å². The number of nitrogens with one attached hydrogen (secondary N) is 1. The summed E-state index contributed by atoms with van der Waals surface area (Å²) in [6.45, 7) is 4.23. The van der Waals surface area contributed by atoms with Crippen LogP contribution in [0.2, 0.25) is 0 Å². The number of carbonyl (C=O) groups excluding carboxylic acids is 1. The average molecular weight is 251 g/mol. The van der Waals surface area contributed by atoms with Gasteiger partial charge in [0.05, 0.1) is 13.2 Å². The summed E-state index contributed by atoms with van der Waals surface area (Å²) in [6, 6.07) is 7.71. The predicted molar refractivity (Wildman–Crippen MR) is 70.6 cm³/mol. The van der Waals surface area contributed by atoms with Crippen LogP contribution < -0.4 is 10.1 Å². The van der Waals surface area contributed by atoms with E-state index in [1.165, 1.54) is 7.11 Å². The van der Waals surface area contributed by atoms with Crippen molar-refractivity contribution in [2.45, 2.75) is 19.9 Å². The minimum atomic E-state index is -0.105. The van der Waals surface area contributed by atoms with Gasteiger partial charge in [-0.05, 0) is 23.6 Å². The maximum Gasteiger partial charge on any atom is 0.246 e. The number of ether oxygens (including phenoxy) is 2. The summed E-state index contributed by atoms with van der Waals surface area (Å²) in [5.74, 6) is 1.01. The van der Waals surface area contributed by atoms with Crippen LogP contribution in [0.5, 0.6) is 5.75 Å². The van der Waals surface area contributed by atoms with E-state index < -0.39 is 0 Å². The van der Waals surface area contributed by atoms with Crippen molar-refractivity contribution in [3.05, 3.63) is 29.8 Å². The van der Waals surface area contributed by atoms with Gasteiger partial charge in [-0.15, -0.1) is 0 Å². The molecule has 1 atom stereocenters. The van der Waals surface area contributed by atoms with E-state index in [1.54, 1.807) is 7.11 Å². The van der Waals surface area contributed by atoms with Crippen LogP contribution in [0, 0.1) is 5.92 Å². The van der Waals surface area contributed by atoms with E-state index in [2.05, 4.69) is 19.2 Å². The molecule has 100 valence electrons. The molecule has 4 nitrogen and oxygen atoms in total. The number of hydrogen-bond donors (Lipinski definition) is 1. The first-order valence-corrected chi connectivity index (χ1v) is 6.00. The second-order valence-electron chi connectivity index (χ2n) is 4.50. The van der Waals surface area contributed by atoms with Crippen molar-refractivity contribution >= 4 is 5.91 Å². The van der Waals surface area contributed by atoms with E-state index in [0.717, 1.165) is 11.3 Å². The lowest BCUT2D eigenvalue weighted by Crippen LogP contribution is -2.34. The van der Waals surface area contributed by atoms with Crippen LogP contribution in [0.4, 0.5) is 0 Å². The summed E-state index contributed by atoms with van der Waals surface area (Å²) in [4.78, 5) is 11.6. The van der Waals surface area contributed by atoms with Crippen LogP contribution in [0.15, 0.2) is 24.3 Å². The summed E-state index contributed by atoms with van der Waals surface area (Å²) < 4.78 is 9.95. The van der Waals surface area contributed by atoms with Crippen molar-refractivity contribution in [2.24, 2.45) is 5.92 Å². The summed E-state index contributed by atoms with van der Waals surface area (Å²) in [7, 11) is 3.15. The lowest BCUT2D eigenvalue weighted by Gasteiger charge is -2.23. The molecule has 0 aliphatic heterocycles. The molecule has 0 aromatic heterocycles. The van der Waals surface area contributed by atoms with E-state index in [9.17, 15) is 4.79 Å². The summed E-state index contributed by atoms with van der Waals surface area (Å²) in [5, 5.41) is 2.97. The third-order valence-electron chi connectivity index (χ3n) is 2.73. The lowest BCUT2D eigenvalue weighted by atomic mass is 9.96. The fraction of sp³-hybridized carbons (Fsp3) is 0.500. The Labute approximate surface area is 108 Å². The Kier molecular flexibility index (Phi) is 5.65. The third-order valence-corrected chi connectivity index (χ3v) is 2.73. The zero-order valence-electron chi connectivity index (χ0n) is 11.4. The van der Waals surface area contributed by atoms with Crippen molar-refractivity contribution in [3.8, 4) is 5.75 Å². The first-order chi connectivity index (χ1) is 8.58. The molecule has 0 radical (unpaired) electrons. The highest BCUT2D eigenvalue weighted by atomic mass is 16.5. The summed E-state index contributed by atoms with van der Waals surface area (Å²) in [5.41, 5.74) is 1.07. The molecule has 1 rings (SSSR count). The molecular formula is C14H21NO3. The fourth-order valence-electron chi connectivity index (χ4n) is 1.79. The first kappa shape index (κ1) is 14.5. The molecule has 0 fully saturated rings. The SMILES string of the molecule is COCC(=O)NC(c1ccc(OC)cc1)C(C)C. The Bertz CT molecular complexity index is 373. The minimum absolute atomic E-state index is 0.0152. The Morgan fingerprint density at radius 3 is 2.28 bits per heavy atom. The van der Waals surface area contributed by atoms with Crippen molar-refractivity contribution in [2.75, 3.05) is 20.8 Å². The minimum Gasteiger partial charge on any atom is -0.497 e. The van der Waals surface area contributed by atoms with Gasteiger partial charge in [-0.25, -0.2) is 0 Å². The van der Waals surface area contributed by atoms with E-state index in [4.69, 9.17) is 9.47 Å². The molecule has 1 aromatic rings. The second-order valence-corrected chi connectivity index (χ2v) is 4.50. The van der Waals surface area contributed by atoms with Crippen LogP contribution in [0.3, 0.4) is 0 Å². The molecule has 4 heteroatoms. The zero-order chi connectivity index (χ0) is 13.5. The van der Waals surface area contributed by atoms with Crippen LogP contribution in [0.25, 0.3) is 0 Å². The van der Waals surface area contributed by atoms with E-state index in [1.807, 2.05) is 24.3 Å². The zero-order valence-corrected chi connectivity index (χ0v) is 11.4. The van der Waals surface area contributed by atoms with Gasteiger partial charge in [-0.2, -0.15) is 0 Å². The van der Waals surface area contributed by atoms with Gasteiger partial charge in [-0.1, -0.05) is 26.0 Å². The van der Waals surface area contributed by atoms with Crippen molar-refractivity contribution in [1.82, 2.24) is 5.32 Å². The highest BCUT2D eigenvalue weighted by Crippen LogP contribution is 2.23. The van der Waals surface area contributed by atoms with Crippen LogP contribution in [-0.2, 0) is 9.53 Å². The largest absolute Gasteiger partial charge is 0.497 e. The van der Waals surface area contributed by atoms with Gasteiger partial charge in [-0.3, -0.25) is 4.79 Å². The number of hydrogen-bond acceptors (Lipinski definition) is 3. The number of carbonyl (C=O) groups is 1. The monoisotopic (exact) mass is 251 g/mol. The quantitative estimate of drug-likeness (QED) is 0.842. The average Bonchev–Trinajstić information content (AvgIpc) is 2.36. The molecule has 1 aromatic carbocycles. The van der Waals surface area contributed by atoms with Crippen molar-refractivity contribution < 1.29 is 14.3 Å². The third kappa shape index (κ3) is 4.04. The van der Waals surface area contributed by atoms with Gasteiger partial charge in [0.2, 0.25) is 5.91 Å². The molecule has 0 spiro atoms. The Morgan fingerprint density at radius 2 is 1.83 bits per heavy atom. The van der Waals surface area contributed by atoms with Gasteiger partial charge in [0.25, 0.3) is 0 Å². The molecule has 18 heavy (non-hydrogen) atoms. The molecule has 1 N–H and O–H groups in total. The number of methoxy groups -OCH3 is 2. The fourth-order valence-corrected chi connectivity index (χ4v) is 1.79. The molecule has 0 aliphatic rings. The Hall–Kier alpha value is -1.55. The van der Waals surface area contributed by atoms with Crippen LogP contribution >= 0.6 is 0 Å². The maximum atomic E-state index is 11.6. The van der Waals surface area contributed by atoms with Gasteiger partial charge >= 0.3 is 0 Å². The van der Waals surface area contributed by atoms with E-state index in [0.29, 0.717) is 5.92 Å². The molecule has 0 bridgehead atoms. The maximum absolute atomic E-state index is 11.6. The highest BCUT2D eigenvalue weighted by molar-refractivity contribution is 5.77. The highest BCUT2D eigenvalue weighted by Gasteiger charge is 2.18. The van der Waals surface area contributed by atoms with Crippen molar-refractivity contribution in [1.29, 1.82) is 0 Å². The molecule has 0 heterocycles. The Morgan fingerprint density at radius 1 is 1.22 bits per heavy atom. The molecule has 1 amide bonds. The van der Waals surface area contributed by atoms with Gasteiger partial charge in [0.15, 0.2) is 0 Å². The number of benzene rings is 1. The van der Waals surface area contributed by atoms with E-state index in [-0.39, 0.29) is 18.6 Å². The first-order valence-electron chi connectivity index (χ1n) is 6.00. The van der Waals surface area contributed by atoms with Gasteiger partial charge < -0.3 is 14.8 Å². The van der Waals surface area contributed by atoms with Crippen molar-refractivity contribution in [3.63, 3.8) is 0 Å². The van der Waals surface area contributed by atoms with Gasteiger partial charge in [0.1, 0.15) is 12.4 Å². The van der Waals surface area contributed by atoms with Crippen LogP contribution in [0.1, 0.15) is 25.5 Å². The standard InChI is InChI=1S/C14H21NO3/c1-10(2)14(15-13(16)9-17-3)11-5-7-12(18-4)8-6-11/h5-8,10,14H,9H2,1-4H3,(H,15,16). The molecule has 0 saturated heterocycles. The number of amides is 1. The second kappa shape index (κ2) is 7.01. The Balaban J connectivity index is 2.80. The number of rotatable bonds is 6. The molecule has 0 saturated carbocycles. The normalized spacial score (nSPS) is 12.3. The predicted octanol–water partition coefficient (Wildman–Crippen LogP) is 2.15. The van der Waals surface area contributed by atoms with Crippen LogP contribution in [-0.4, -0.2) is 26.7 Å². The molecule has 0 aliphatic carbocycles. The van der Waals surface area contributed by atoms with Gasteiger partial charge in [0, 0.05) is 7.11 Å². The smallest absolute Gasteiger partial charge is 0.246 e. The summed E-state index contributed by atoms with van der Waals surface area (Å²) in [6.07, 6.45) is 0. The summed E-state index contributed by atoms with van der Waals surface area (Å²) >= 11 is 0. The molecular weight excluding hydrogens is 230 g/mol. The molecule has 1 unspecified atom stereocenters.